The van der Waals surface area contributed by atoms with Crippen molar-refractivity contribution in [2.75, 3.05) is 56.6 Å². The van der Waals surface area contributed by atoms with Crippen LogP contribution in [0.15, 0.2) is 84.9 Å². The Kier molecular flexibility index (Phi) is 22.4. The Bertz CT molecular complexity index is 5100. The number of fused-ring (bicyclic) bond motifs is 8. The van der Waals surface area contributed by atoms with Crippen LogP contribution in [-0.4, -0.2) is 124 Å². The lowest BCUT2D eigenvalue weighted by Gasteiger charge is -2.46. The largest absolute Gasteiger partial charge is 0.748 e. The van der Waals surface area contributed by atoms with Gasteiger partial charge in [0.2, 0.25) is 10.7 Å². The Balaban J connectivity index is 0.000000231. The van der Waals surface area contributed by atoms with Gasteiger partial charge in [-0.2, -0.15) is 19.2 Å². The first-order chi connectivity index (χ1) is 46.5. The molecule has 6 aromatic carbocycles. The average molecular weight is 1490 g/mol. The molecule has 2 atom stereocenters. The minimum absolute atomic E-state index is 0.0258. The number of aliphatic hydroxyl groups is 1. The van der Waals surface area contributed by atoms with Gasteiger partial charge in [0.1, 0.15) is 37.1 Å². The monoisotopic (exact) mass is 1480 g/mol. The topological polar surface area (TPSA) is 314 Å². The van der Waals surface area contributed by atoms with Crippen molar-refractivity contribution in [1.29, 1.82) is 0 Å². The molecule has 2 unspecified atom stereocenters. The second kappa shape index (κ2) is 28.8. The maximum atomic E-state index is 12.6. The summed E-state index contributed by atoms with van der Waals surface area (Å²) >= 11 is 26.7. The Hall–Kier alpha value is -8.02. The molecule has 6 heterocycles. The SMILES string of the molecule is CCC1=CC(C)(C)[N+](C)=c2cc3c(cc21)=C(c1c(Cl)ccc(Cl)c1C(=O)[O-])c1cc2c(cc1O3)N(C)C(C)(C)C=C2CS(=O)(=O)[O-].CCC1CC(C)(C)[N+](C)=c2cc3c(cc21)=C(c1c(Cl)ccc(Cl)c1C(=O)[O-])c1cc2c(cc1O3)N(C)C(C)(C)CC2CS(=O)(=O)[O-].CO.O=C=O.O=C=O. The number of carboxylic acid groups (broad SMARTS) is 2. The predicted octanol–water partition coefficient (Wildman–Crippen LogP) is 7.77. The molecule has 1 N–H and O–H groups in total. The molecule has 21 nitrogen and oxygen atoms in total. The number of allylic oxidation sites excluding steroid dienone is 1. The van der Waals surface area contributed by atoms with Crippen LogP contribution in [0.5, 0.6) is 23.0 Å². The molecule has 0 amide bonds. The fourth-order valence-corrected chi connectivity index (χ4v) is 16.7. The highest BCUT2D eigenvalue weighted by atomic mass is 35.5. The van der Waals surface area contributed by atoms with Crippen molar-refractivity contribution in [3.05, 3.63) is 182 Å². The quantitative estimate of drug-likeness (QED) is 0.101. The van der Waals surface area contributed by atoms with E-state index in [0.29, 0.717) is 84.5 Å². The zero-order valence-corrected chi connectivity index (χ0v) is 62.2. The van der Waals surface area contributed by atoms with E-state index in [4.69, 9.17) is 80.2 Å². The number of carbonyl (C=O) groups excluding carboxylic acids is 6. The summed E-state index contributed by atoms with van der Waals surface area (Å²) in [5, 5.41) is 35.7. The summed E-state index contributed by atoms with van der Waals surface area (Å²) in [5.74, 6) is -2.79. The third kappa shape index (κ3) is 14.7. The summed E-state index contributed by atoms with van der Waals surface area (Å²) in [7, 11) is -0.330. The van der Waals surface area contributed by atoms with Crippen molar-refractivity contribution in [3.63, 3.8) is 0 Å². The lowest BCUT2D eigenvalue weighted by molar-refractivity contribution is -0.256. The molecule has 6 aliphatic rings. The number of carbonyl (C=O) groups is 2. The van der Waals surface area contributed by atoms with E-state index in [2.05, 4.69) is 74.8 Å². The molecule has 0 radical (unpaired) electrons. The van der Waals surface area contributed by atoms with Gasteiger partial charge in [0, 0.05) is 164 Å². The van der Waals surface area contributed by atoms with Crippen LogP contribution in [0.25, 0.3) is 22.3 Å². The number of ether oxygens (including phenoxy) is 2. The Morgan fingerprint density at radius 1 is 0.580 bits per heavy atom. The van der Waals surface area contributed by atoms with E-state index in [1.54, 1.807) is 24.3 Å². The minimum Gasteiger partial charge on any atom is -0.748 e. The van der Waals surface area contributed by atoms with Gasteiger partial charge in [-0.3, -0.25) is 0 Å². The van der Waals surface area contributed by atoms with Gasteiger partial charge in [0.05, 0.1) is 65.6 Å². The highest BCUT2D eigenvalue weighted by Crippen LogP contribution is 2.52. The second-order valence-electron chi connectivity index (χ2n) is 27.3. The van der Waals surface area contributed by atoms with E-state index in [1.165, 1.54) is 18.2 Å². The molecule has 530 valence electrons. The number of hydrogen-bond acceptors (Lipinski definition) is 19. The number of benzene rings is 6. The molecule has 0 saturated heterocycles. The van der Waals surface area contributed by atoms with Crippen LogP contribution in [0.4, 0.5) is 11.4 Å². The van der Waals surface area contributed by atoms with E-state index in [-0.39, 0.29) is 71.6 Å². The van der Waals surface area contributed by atoms with Gasteiger partial charge in [0.25, 0.3) is 0 Å². The lowest BCUT2D eigenvalue weighted by atomic mass is 9.77. The molecule has 0 aliphatic carbocycles. The number of hydrogen-bond donors (Lipinski definition) is 1. The fourth-order valence-electron chi connectivity index (χ4n) is 14.3. The van der Waals surface area contributed by atoms with Crippen LogP contribution >= 0.6 is 46.4 Å². The molecule has 0 saturated carbocycles. The van der Waals surface area contributed by atoms with Gasteiger partial charge in [-0.1, -0.05) is 66.3 Å². The van der Waals surface area contributed by atoms with Gasteiger partial charge >= 0.3 is 12.3 Å². The third-order valence-electron chi connectivity index (χ3n) is 19.8. The zero-order chi connectivity index (χ0) is 74.8. The van der Waals surface area contributed by atoms with Crippen LogP contribution in [0.1, 0.15) is 172 Å². The van der Waals surface area contributed by atoms with E-state index < -0.39 is 60.7 Å². The summed E-state index contributed by atoms with van der Waals surface area (Å²) in [5.41, 5.74) is 6.31. The van der Waals surface area contributed by atoms with Gasteiger partial charge in [0.15, 0.2) is 11.1 Å². The van der Waals surface area contributed by atoms with Crippen LogP contribution < -0.4 is 59.8 Å². The van der Waals surface area contributed by atoms with Gasteiger partial charge in [-0.15, -0.1) is 0 Å². The molecule has 6 aromatic rings. The first-order valence-electron chi connectivity index (χ1n) is 31.4. The Labute approximate surface area is 599 Å². The van der Waals surface area contributed by atoms with Crippen molar-refractivity contribution < 1.29 is 79.5 Å². The maximum Gasteiger partial charge on any atom is 0.373 e. The fraction of sp³-hybridized carbons (Fsp3) is 0.370. The highest BCUT2D eigenvalue weighted by Gasteiger charge is 2.43. The smallest absolute Gasteiger partial charge is 0.373 e. The average Bonchev–Trinajstić information content (AvgIpc) is 0.720. The number of aromatic carboxylic acids is 2. The highest BCUT2D eigenvalue weighted by molar-refractivity contribution is 7.86. The summed E-state index contributed by atoms with van der Waals surface area (Å²) in [6.45, 7) is 20.8. The first-order valence-corrected chi connectivity index (χ1v) is 36.1. The molecule has 27 heteroatoms. The first kappa shape index (κ1) is 77.7. The van der Waals surface area contributed by atoms with Crippen LogP contribution in [0, 0.1) is 0 Å². The Morgan fingerprint density at radius 3 is 1.54 bits per heavy atom. The number of likely N-dealkylation sites (N-methyl/N-ethyl adjacent to an activating group) is 2. The summed E-state index contributed by atoms with van der Waals surface area (Å²) in [6.07, 6.45) is 7.47. The molecular weight excluding hydrogens is 1410 g/mol. The zero-order valence-electron chi connectivity index (χ0n) is 57.6. The van der Waals surface area contributed by atoms with E-state index >= 15 is 0 Å². The normalized spacial score (nSPS) is 18.1. The van der Waals surface area contributed by atoms with Crippen molar-refractivity contribution in [1.82, 2.24) is 9.15 Å². The third-order valence-corrected chi connectivity index (χ3v) is 22.5. The number of anilines is 2. The van der Waals surface area contributed by atoms with Gasteiger partial charge < -0.3 is 53.3 Å². The Morgan fingerprint density at radius 2 is 1.06 bits per heavy atom. The van der Waals surface area contributed by atoms with Gasteiger partial charge in [-0.25, -0.2) is 26.0 Å². The predicted molar refractivity (Wildman–Crippen MR) is 375 cm³/mol. The van der Waals surface area contributed by atoms with E-state index in [1.807, 2.05) is 84.1 Å². The molecule has 0 aromatic heterocycles. The molecule has 6 aliphatic heterocycles. The summed E-state index contributed by atoms with van der Waals surface area (Å²) in [4.78, 5) is 61.8. The van der Waals surface area contributed by atoms with Crippen molar-refractivity contribution in [3.8, 4) is 23.0 Å². The molecule has 0 spiro atoms. The molecule has 0 fully saturated rings. The number of carboxylic acids is 2. The number of rotatable bonds is 10. The standard InChI is InChI=1S/C35H38Cl2N2O6S.C35H34Cl2N2O6S.2CO2.CH4O/c2*1-8-18-15-34(2,3)38(6)26-13-28-22(11-20(18)26)30(31-24(36)9-10-25(37)32(31)33(40)41)23-12-21-19(17-46(42,43)44)16-35(4,5)39(7)27(21)14-29(23)45-28;2*2-1-3;1-2/h9-14,18-19H,8,15-17H2,1-7H3,(H-,40,41,42,43,44);9-16H,8,17H2,1-7H3,(H-,40,41,42,43,44);;;2H,1H3/p-2. The molecular formula is C73H74Cl4N4O17S2-2. The molecule has 12 rings (SSSR count). The van der Waals surface area contributed by atoms with E-state index in [9.17, 15) is 45.7 Å². The molecule has 0 bridgehead atoms. The van der Waals surface area contributed by atoms with Crippen molar-refractivity contribution in [2.45, 2.75) is 129 Å². The minimum atomic E-state index is -4.64. The number of halogens is 4. The van der Waals surface area contributed by atoms with Crippen molar-refractivity contribution in [2.24, 2.45) is 0 Å². The summed E-state index contributed by atoms with van der Waals surface area (Å²) < 4.78 is 90.2. The van der Waals surface area contributed by atoms with Crippen molar-refractivity contribution >= 4 is 125 Å². The number of nitrogens with zero attached hydrogens (tertiary/aromatic N) is 4. The lowest BCUT2D eigenvalue weighted by Crippen LogP contribution is -2.51. The molecule has 100 heavy (non-hydrogen) atoms. The number of aliphatic hydroxyl groups excluding tert-OH is 1. The van der Waals surface area contributed by atoms with E-state index in [0.717, 1.165) is 59.5 Å². The van der Waals surface area contributed by atoms with Crippen LogP contribution in [0.2, 0.25) is 20.1 Å². The van der Waals surface area contributed by atoms with Gasteiger partial charge in [-0.05, 0) is 138 Å². The second-order valence-corrected chi connectivity index (χ2v) is 31.8. The van der Waals surface area contributed by atoms with Crippen LogP contribution in [0.3, 0.4) is 0 Å². The van der Waals surface area contributed by atoms with Crippen LogP contribution in [-0.2, 0) is 39.4 Å². The summed E-state index contributed by atoms with van der Waals surface area (Å²) in [6, 6.07) is 21.1. The maximum absolute atomic E-state index is 12.6.